The number of nitrogens with one attached hydrogen (secondary N) is 1. The number of alkyl halides is 1. The molecule has 0 atom stereocenters. The quantitative estimate of drug-likeness (QED) is 0.610. The lowest BCUT2D eigenvalue weighted by atomic mass is 10.2. The summed E-state index contributed by atoms with van der Waals surface area (Å²) in [6, 6.07) is 9.51. The van der Waals surface area contributed by atoms with Gasteiger partial charge in [0.2, 0.25) is 5.91 Å². The Kier molecular flexibility index (Phi) is 4.84. The Balaban J connectivity index is 2.32. The molecule has 0 aliphatic heterocycles. The molecule has 0 saturated carbocycles. The van der Waals surface area contributed by atoms with E-state index < -0.39 is 0 Å². The molecule has 15 heavy (non-hydrogen) atoms. The second-order valence-corrected chi connectivity index (χ2v) is 3.38. The zero-order chi connectivity index (χ0) is 11.1. The van der Waals surface area contributed by atoms with Gasteiger partial charge in [0.15, 0.2) is 5.78 Å². The van der Waals surface area contributed by atoms with Gasteiger partial charge in [-0.25, -0.2) is 0 Å². The number of hydrogen-bond donors (Lipinski definition) is 1. The van der Waals surface area contributed by atoms with E-state index in [1.165, 1.54) is 0 Å². The summed E-state index contributed by atoms with van der Waals surface area (Å²) in [6.45, 7) is 0.440. The third kappa shape index (κ3) is 4.61. The molecule has 0 unspecified atom stereocenters. The first-order chi connectivity index (χ1) is 7.22. The number of ketones is 1. The van der Waals surface area contributed by atoms with Gasteiger partial charge >= 0.3 is 0 Å². The molecular weight excluding hydrogens is 214 g/mol. The van der Waals surface area contributed by atoms with Gasteiger partial charge in [-0.3, -0.25) is 9.59 Å². The molecule has 0 fully saturated rings. The van der Waals surface area contributed by atoms with Crippen LogP contribution >= 0.6 is 11.6 Å². The standard InChI is InChI=1S/C11H12ClNO2/c12-7-10(14)6-11(15)13-8-9-4-2-1-3-5-9/h1-5H,6-8H2,(H,13,15). The Hall–Kier alpha value is -1.35. The zero-order valence-corrected chi connectivity index (χ0v) is 8.96. The minimum absolute atomic E-state index is 0.112. The highest BCUT2D eigenvalue weighted by atomic mass is 35.5. The molecule has 0 heterocycles. The van der Waals surface area contributed by atoms with Gasteiger partial charge < -0.3 is 5.32 Å². The third-order valence-electron chi connectivity index (χ3n) is 1.84. The van der Waals surface area contributed by atoms with Crippen molar-refractivity contribution in [3.05, 3.63) is 35.9 Å². The van der Waals surface area contributed by atoms with Gasteiger partial charge in [-0.2, -0.15) is 0 Å². The van der Waals surface area contributed by atoms with Crippen molar-refractivity contribution in [3.63, 3.8) is 0 Å². The van der Waals surface area contributed by atoms with E-state index in [0.717, 1.165) is 5.56 Å². The van der Waals surface area contributed by atoms with Crippen LogP contribution in [0.2, 0.25) is 0 Å². The van der Waals surface area contributed by atoms with E-state index in [-0.39, 0.29) is 24.0 Å². The van der Waals surface area contributed by atoms with Crippen molar-refractivity contribution in [2.45, 2.75) is 13.0 Å². The Morgan fingerprint density at radius 3 is 2.47 bits per heavy atom. The third-order valence-corrected chi connectivity index (χ3v) is 2.14. The lowest BCUT2D eigenvalue weighted by Crippen LogP contribution is -2.25. The van der Waals surface area contributed by atoms with Crippen LogP contribution in [0.3, 0.4) is 0 Å². The monoisotopic (exact) mass is 225 g/mol. The first-order valence-corrected chi connectivity index (χ1v) is 5.14. The van der Waals surface area contributed by atoms with E-state index in [0.29, 0.717) is 6.54 Å². The molecule has 0 spiro atoms. The summed E-state index contributed by atoms with van der Waals surface area (Å²) in [6.07, 6.45) is -0.143. The van der Waals surface area contributed by atoms with Gasteiger partial charge in [0.1, 0.15) is 0 Å². The van der Waals surface area contributed by atoms with Gasteiger partial charge in [-0.05, 0) is 5.56 Å². The summed E-state index contributed by atoms with van der Waals surface area (Å²) in [5.74, 6) is -0.662. The van der Waals surface area contributed by atoms with E-state index >= 15 is 0 Å². The fourth-order valence-electron chi connectivity index (χ4n) is 1.09. The normalized spacial score (nSPS) is 9.67. The van der Waals surface area contributed by atoms with Crippen molar-refractivity contribution in [1.29, 1.82) is 0 Å². The summed E-state index contributed by atoms with van der Waals surface area (Å²) in [4.78, 5) is 22.0. The molecule has 0 bridgehead atoms. The van der Waals surface area contributed by atoms with Crippen LogP contribution in [0, 0.1) is 0 Å². The Labute approximate surface area is 93.4 Å². The van der Waals surface area contributed by atoms with E-state index in [2.05, 4.69) is 5.32 Å². The van der Waals surface area contributed by atoms with Crippen molar-refractivity contribution >= 4 is 23.3 Å². The predicted octanol–water partition coefficient (Wildman–Crippen LogP) is 1.50. The molecule has 1 aromatic rings. The Morgan fingerprint density at radius 2 is 1.87 bits per heavy atom. The largest absolute Gasteiger partial charge is 0.352 e. The number of carbonyl (C=O) groups is 2. The van der Waals surface area contributed by atoms with E-state index in [4.69, 9.17) is 11.6 Å². The lowest BCUT2D eigenvalue weighted by molar-refractivity contribution is -0.127. The van der Waals surface area contributed by atoms with E-state index in [1.54, 1.807) is 0 Å². The summed E-state index contributed by atoms with van der Waals surface area (Å²) >= 11 is 5.28. The van der Waals surface area contributed by atoms with Crippen LogP contribution in [0.25, 0.3) is 0 Å². The van der Waals surface area contributed by atoms with Crippen molar-refractivity contribution < 1.29 is 9.59 Å². The van der Waals surface area contributed by atoms with Crippen molar-refractivity contribution in [2.24, 2.45) is 0 Å². The predicted molar refractivity (Wildman–Crippen MR) is 58.6 cm³/mol. The van der Waals surface area contributed by atoms with Crippen molar-refractivity contribution in [3.8, 4) is 0 Å². The number of halogens is 1. The molecule has 0 saturated heterocycles. The van der Waals surface area contributed by atoms with Crippen LogP contribution in [0.4, 0.5) is 0 Å². The smallest absolute Gasteiger partial charge is 0.227 e. The first kappa shape index (κ1) is 11.7. The number of amides is 1. The number of benzene rings is 1. The molecule has 0 aliphatic carbocycles. The van der Waals surface area contributed by atoms with Crippen LogP contribution in [-0.2, 0) is 16.1 Å². The molecule has 1 amide bonds. The molecule has 0 aromatic heterocycles. The van der Waals surface area contributed by atoms with Crippen LogP contribution < -0.4 is 5.32 Å². The molecular formula is C11H12ClNO2. The molecule has 0 radical (unpaired) electrons. The molecule has 0 aliphatic rings. The molecule has 1 N–H and O–H groups in total. The van der Waals surface area contributed by atoms with Crippen molar-refractivity contribution in [2.75, 3.05) is 5.88 Å². The van der Waals surface area contributed by atoms with E-state index in [1.807, 2.05) is 30.3 Å². The molecule has 1 aromatic carbocycles. The number of rotatable bonds is 5. The zero-order valence-electron chi connectivity index (χ0n) is 8.20. The minimum atomic E-state index is -0.287. The van der Waals surface area contributed by atoms with Gasteiger partial charge in [-0.15, -0.1) is 11.6 Å². The molecule has 80 valence electrons. The Morgan fingerprint density at radius 1 is 1.20 bits per heavy atom. The second kappa shape index (κ2) is 6.19. The molecule has 3 nitrogen and oxygen atoms in total. The van der Waals surface area contributed by atoms with Gasteiger partial charge in [0, 0.05) is 6.54 Å². The maximum absolute atomic E-state index is 11.2. The summed E-state index contributed by atoms with van der Waals surface area (Å²) < 4.78 is 0. The second-order valence-electron chi connectivity index (χ2n) is 3.11. The summed E-state index contributed by atoms with van der Waals surface area (Å²) in [7, 11) is 0. The Bertz CT molecular complexity index is 338. The average molecular weight is 226 g/mol. The minimum Gasteiger partial charge on any atom is -0.352 e. The lowest BCUT2D eigenvalue weighted by Gasteiger charge is -2.03. The number of Topliss-reactive ketones (excluding diaryl/α,β-unsaturated/α-hetero) is 1. The van der Waals surface area contributed by atoms with Gasteiger partial charge in [0.25, 0.3) is 0 Å². The highest BCUT2D eigenvalue weighted by molar-refractivity contribution is 6.29. The van der Waals surface area contributed by atoms with E-state index in [9.17, 15) is 9.59 Å². The molecule has 4 heteroatoms. The highest BCUT2D eigenvalue weighted by Crippen LogP contribution is 1.97. The topological polar surface area (TPSA) is 46.2 Å². The van der Waals surface area contributed by atoms with Gasteiger partial charge in [0.05, 0.1) is 12.3 Å². The summed E-state index contributed by atoms with van der Waals surface area (Å²) in [5.41, 5.74) is 1.00. The van der Waals surface area contributed by atoms with Gasteiger partial charge in [-0.1, -0.05) is 30.3 Å². The number of hydrogen-bond acceptors (Lipinski definition) is 2. The maximum Gasteiger partial charge on any atom is 0.227 e. The number of carbonyl (C=O) groups excluding carboxylic acids is 2. The van der Waals surface area contributed by atoms with Crippen molar-refractivity contribution in [1.82, 2.24) is 5.32 Å². The maximum atomic E-state index is 11.2. The fraction of sp³-hybridized carbons (Fsp3) is 0.273. The SMILES string of the molecule is O=C(CCl)CC(=O)NCc1ccccc1. The van der Waals surface area contributed by atoms with Crippen LogP contribution in [-0.4, -0.2) is 17.6 Å². The van der Waals surface area contributed by atoms with Crippen LogP contribution in [0.5, 0.6) is 0 Å². The highest BCUT2D eigenvalue weighted by Gasteiger charge is 2.07. The fourth-order valence-corrected chi connectivity index (χ4v) is 1.18. The van der Waals surface area contributed by atoms with Crippen LogP contribution in [0.1, 0.15) is 12.0 Å². The van der Waals surface area contributed by atoms with Crippen LogP contribution in [0.15, 0.2) is 30.3 Å². The molecule has 1 rings (SSSR count). The first-order valence-electron chi connectivity index (χ1n) is 4.60. The average Bonchev–Trinajstić information content (AvgIpc) is 2.27. The summed E-state index contributed by atoms with van der Waals surface area (Å²) in [5, 5.41) is 2.65.